The largest absolute Gasteiger partial charge is 0.379 e. The first-order valence-electron chi connectivity index (χ1n) is 9.51. The minimum absolute atomic E-state index is 0.00813. The van der Waals surface area contributed by atoms with E-state index in [2.05, 4.69) is 5.32 Å². The molecule has 0 atom stereocenters. The van der Waals surface area contributed by atoms with Gasteiger partial charge >= 0.3 is 16.1 Å². The van der Waals surface area contributed by atoms with Crippen molar-refractivity contribution in [3.8, 4) is 5.75 Å². The second-order valence-electron chi connectivity index (χ2n) is 6.85. The molecule has 0 saturated carbocycles. The van der Waals surface area contributed by atoms with Crippen LogP contribution in [-0.2, 0) is 19.7 Å². The lowest BCUT2D eigenvalue weighted by Gasteiger charge is -2.26. The number of anilines is 1. The van der Waals surface area contributed by atoms with E-state index < -0.39 is 33.8 Å². The van der Waals surface area contributed by atoms with Gasteiger partial charge in [-0.15, -0.1) is 0 Å². The smallest absolute Gasteiger partial charge is 0.339 e. The van der Waals surface area contributed by atoms with Gasteiger partial charge in [-0.2, -0.15) is 8.42 Å². The van der Waals surface area contributed by atoms with Gasteiger partial charge in [0.25, 0.3) is 11.8 Å². The Morgan fingerprint density at radius 2 is 1.48 bits per heavy atom. The summed E-state index contributed by atoms with van der Waals surface area (Å²) < 4.78 is 42.9. The molecule has 0 aliphatic carbocycles. The van der Waals surface area contributed by atoms with E-state index in [0.717, 1.165) is 17.0 Å². The lowest BCUT2D eigenvalue weighted by molar-refractivity contribution is -0.122. The highest BCUT2D eigenvalue weighted by Crippen LogP contribution is 2.24. The summed E-state index contributed by atoms with van der Waals surface area (Å²) in [5, 5.41) is 2.07. The van der Waals surface area contributed by atoms with Gasteiger partial charge in [-0.1, -0.05) is 30.3 Å². The van der Waals surface area contributed by atoms with Crippen LogP contribution in [-0.4, -0.2) is 26.3 Å². The number of hydrogen-bond donors (Lipinski definition) is 1. The summed E-state index contributed by atoms with van der Waals surface area (Å²) in [5.74, 6) is -2.30. The molecule has 1 aliphatic rings. The molecule has 3 aromatic rings. The first-order valence-corrected chi connectivity index (χ1v) is 10.9. The Labute approximate surface area is 188 Å². The predicted octanol–water partition coefficient (Wildman–Crippen LogP) is 3.26. The predicted molar refractivity (Wildman–Crippen MR) is 116 cm³/mol. The number of benzene rings is 3. The van der Waals surface area contributed by atoms with Crippen LogP contribution in [0.15, 0.2) is 89.3 Å². The van der Waals surface area contributed by atoms with Crippen LogP contribution in [0.5, 0.6) is 5.75 Å². The van der Waals surface area contributed by atoms with Crippen molar-refractivity contribution in [2.75, 3.05) is 4.90 Å². The molecule has 0 radical (unpaired) electrons. The average Bonchev–Trinajstić information content (AvgIpc) is 2.79. The maximum absolute atomic E-state index is 13.2. The molecule has 166 valence electrons. The van der Waals surface area contributed by atoms with Crippen LogP contribution in [0.25, 0.3) is 6.08 Å². The molecule has 0 bridgehead atoms. The number of amides is 4. The molecule has 4 rings (SSSR count). The van der Waals surface area contributed by atoms with Crippen LogP contribution in [0.2, 0.25) is 0 Å². The van der Waals surface area contributed by atoms with Crippen LogP contribution in [0.1, 0.15) is 5.56 Å². The number of urea groups is 1. The van der Waals surface area contributed by atoms with Crippen molar-refractivity contribution in [1.82, 2.24) is 5.32 Å². The van der Waals surface area contributed by atoms with Crippen molar-refractivity contribution in [2.24, 2.45) is 0 Å². The zero-order valence-electron chi connectivity index (χ0n) is 16.8. The number of carbonyl (C=O) groups excluding carboxylic acids is 3. The number of imide groups is 2. The van der Waals surface area contributed by atoms with Gasteiger partial charge in [0.05, 0.1) is 5.69 Å². The third kappa shape index (κ3) is 4.65. The summed E-state index contributed by atoms with van der Waals surface area (Å²) in [6, 6.07) is 16.9. The summed E-state index contributed by atoms with van der Waals surface area (Å²) in [6.45, 7) is 0. The Bertz CT molecular complexity index is 1370. The molecule has 0 spiro atoms. The Morgan fingerprint density at radius 1 is 0.848 bits per heavy atom. The molecule has 33 heavy (non-hydrogen) atoms. The van der Waals surface area contributed by atoms with Crippen LogP contribution in [0, 0.1) is 5.82 Å². The summed E-state index contributed by atoms with van der Waals surface area (Å²) in [5.41, 5.74) is 0.142. The zero-order chi connectivity index (χ0) is 23.6. The van der Waals surface area contributed by atoms with E-state index >= 15 is 0 Å². The second kappa shape index (κ2) is 8.67. The molecule has 1 N–H and O–H groups in total. The van der Waals surface area contributed by atoms with Gasteiger partial charge < -0.3 is 4.18 Å². The van der Waals surface area contributed by atoms with E-state index in [4.69, 9.17) is 4.18 Å². The maximum Gasteiger partial charge on any atom is 0.339 e. The number of nitrogens with one attached hydrogen (secondary N) is 1. The van der Waals surface area contributed by atoms with Crippen molar-refractivity contribution >= 4 is 39.7 Å². The van der Waals surface area contributed by atoms with Gasteiger partial charge in [-0.3, -0.25) is 14.9 Å². The molecule has 1 aliphatic heterocycles. The Kier molecular flexibility index (Phi) is 5.76. The Morgan fingerprint density at radius 3 is 2.12 bits per heavy atom. The van der Waals surface area contributed by atoms with E-state index in [-0.39, 0.29) is 21.9 Å². The van der Waals surface area contributed by atoms with Crippen LogP contribution >= 0.6 is 0 Å². The van der Waals surface area contributed by atoms with Crippen molar-refractivity contribution in [3.63, 3.8) is 0 Å². The zero-order valence-corrected chi connectivity index (χ0v) is 17.6. The fraction of sp³-hybridized carbons (Fsp3) is 0. The highest BCUT2D eigenvalue weighted by atomic mass is 32.2. The summed E-state index contributed by atoms with van der Waals surface area (Å²) in [4.78, 5) is 38.0. The molecule has 1 heterocycles. The molecule has 3 aromatic carbocycles. The highest BCUT2D eigenvalue weighted by molar-refractivity contribution is 7.87. The van der Waals surface area contributed by atoms with Crippen molar-refractivity contribution in [2.45, 2.75) is 4.90 Å². The summed E-state index contributed by atoms with van der Waals surface area (Å²) >= 11 is 0. The molecule has 4 amide bonds. The van der Waals surface area contributed by atoms with Crippen molar-refractivity contribution < 1.29 is 31.4 Å². The van der Waals surface area contributed by atoms with E-state index in [1.807, 2.05) is 0 Å². The quantitative estimate of drug-likeness (QED) is 0.351. The third-order valence-corrected chi connectivity index (χ3v) is 5.88. The molecule has 10 heteroatoms. The molecule has 0 aromatic heterocycles. The second-order valence-corrected chi connectivity index (χ2v) is 8.40. The lowest BCUT2D eigenvalue weighted by atomic mass is 10.1. The summed E-state index contributed by atoms with van der Waals surface area (Å²) in [6.07, 6.45) is 1.25. The highest BCUT2D eigenvalue weighted by Gasteiger charge is 2.36. The molecular weight excluding hydrogens is 451 g/mol. The lowest BCUT2D eigenvalue weighted by Crippen LogP contribution is -2.54. The van der Waals surface area contributed by atoms with E-state index in [0.29, 0.717) is 5.56 Å². The van der Waals surface area contributed by atoms with Gasteiger partial charge in [0.2, 0.25) is 0 Å². The van der Waals surface area contributed by atoms with Gasteiger partial charge in [0.1, 0.15) is 22.0 Å². The molecule has 1 fully saturated rings. The number of rotatable bonds is 5. The van der Waals surface area contributed by atoms with Gasteiger partial charge in [-0.25, -0.2) is 14.1 Å². The van der Waals surface area contributed by atoms with Crippen LogP contribution in [0.4, 0.5) is 14.9 Å². The number of carbonyl (C=O) groups is 3. The summed E-state index contributed by atoms with van der Waals surface area (Å²) in [7, 11) is -4.02. The average molecular weight is 466 g/mol. The van der Waals surface area contributed by atoms with E-state index in [1.54, 1.807) is 18.2 Å². The van der Waals surface area contributed by atoms with Crippen LogP contribution < -0.4 is 14.4 Å². The number of barbiturate groups is 1. The van der Waals surface area contributed by atoms with Gasteiger partial charge in [-0.05, 0) is 60.2 Å². The monoisotopic (exact) mass is 466 g/mol. The minimum Gasteiger partial charge on any atom is -0.379 e. The number of halogens is 1. The van der Waals surface area contributed by atoms with Gasteiger partial charge in [0, 0.05) is 0 Å². The first-order chi connectivity index (χ1) is 15.7. The third-order valence-electron chi connectivity index (χ3n) is 4.62. The standard InChI is InChI=1S/C23H15FN2O6S/c24-16-8-10-17(11-9-16)26-22(28)20(21(27)25-23(26)29)14-15-6-12-18(13-7-15)32-33(30,31)19-4-2-1-3-5-19/h1-14H,(H,25,27,29)/b20-14+. The number of hydrogen-bond acceptors (Lipinski definition) is 6. The molecule has 8 nitrogen and oxygen atoms in total. The Hall–Kier alpha value is -4.31. The van der Waals surface area contributed by atoms with E-state index in [1.165, 1.54) is 54.6 Å². The molecule has 1 saturated heterocycles. The Balaban J connectivity index is 1.57. The fourth-order valence-electron chi connectivity index (χ4n) is 3.03. The van der Waals surface area contributed by atoms with Crippen molar-refractivity contribution in [1.29, 1.82) is 0 Å². The SMILES string of the molecule is O=C1NC(=O)N(c2ccc(F)cc2)C(=O)/C1=C/c1ccc(OS(=O)(=O)c2ccccc2)cc1. The first kappa shape index (κ1) is 21.9. The normalized spacial score (nSPS) is 15.5. The van der Waals surface area contributed by atoms with Crippen LogP contribution in [0.3, 0.4) is 0 Å². The fourth-order valence-corrected chi connectivity index (χ4v) is 3.98. The minimum atomic E-state index is -4.02. The molecular formula is C23H15FN2O6S. The maximum atomic E-state index is 13.2. The molecule has 0 unspecified atom stereocenters. The number of nitrogens with zero attached hydrogens (tertiary/aromatic N) is 1. The van der Waals surface area contributed by atoms with Gasteiger partial charge in [0.15, 0.2) is 0 Å². The topological polar surface area (TPSA) is 110 Å². The van der Waals surface area contributed by atoms with E-state index in [9.17, 15) is 27.2 Å². The van der Waals surface area contributed by atoms with Crippen molar-refractivity contribution in [3.05, 3.63) is 95.8 Å².